The molecule has 0 amide bonds. The van der Waals surface area contributed by atoms with Crippen molar-refractivity contribution in [2.45, 2.75) is 6.61 Å². The average molecular weight is 148 g/mol. The van der Waals surface area contributed by atoms with Crippen molar-refractivity contribution in [3.63, 3.8) is 0 Å². The van der Waals surface area contributed by atoms with Gasteiger partial charge in [-0.1, -0.05) is 6.07 Å². The van der Waals surface area contributed by atoms with E-state index in [0.29, 0.717) is 16.8 Å². The second-order valence-electron chi connectivity index (χ2n) is 2.19. The van der Waals surface area contributed by atoms with Crippen LogP contribution in [0.3, 0.4) is 0 Å². The lowest BCUT2D eigenvalue weighted by Crippen LogP contribution is -1.92. The van der Waals surface area contributed by atoms with Gasteiger partial charge >= 0.3 is 0 Å². The van der Waals surface area contributed by atoms with Crippen LogP contribution in [0.15, 0.2) is 18.2 Å². The first kappa shape index (κ1) is 7.58. The summed E-state index contributed by atoms with van der Waals surface area (Å²) in [5.41, 5.74) is 7.02. The molecule has 11 heavy (non-hydrogen) atoms. The molecule has 0 saturated heterocycles. The molecule has 0 radical (unpaired) electrons. The van der Waals surface area contributed by atoms with E-state index < -0.39 is 0 Å². The van der Waals surface area contributed by atoms with Gasteiger partial charge in [-0.05, 0) is 17.7 Å². The molecule has 1 aromatic rings. The first-order chi connectivity index (χ1) is 5.27. The smallest absolute Gasteiger partial charge is 0.0996 e. The van der Waals surface area contributed by atoms with Crippen molar-refractivity contribution in [2.75, 3.05) is 5.73 Å². The lowest BCUT2D eigenvalue weighted by molar-refractivity contribution is 0.281. The monoisotopic (exact) mass is 148 g/mol. The molecule has 0 aromatic heterocycles. The Morgan fingerprint density at radius 1 is 1.55 bits per heavy atom. The Balaban J connectivity index is 3.19. The fourth-order valence-electron chi connectivity index (χ4n) is 0.836. The summed E-state index contributed by atoms with van der Waals surface area (Å²) in [4.78, 5) is 0. The highest BCUT2D eigenvalue weighted by Gasteiger charge is 1.99. The zero-order valence-electron chi connectivity index (χ0n) is 5.91. The van der Waals surface area contributed by atoms with Gasteiger partial charge in [0.1, 0.15) is 0 Å². The Bertz CT molecular complexity index is 301. The van der Waals surface area contributed by atoms with Crippen LogP contribution in [0, 0.1) is 11.3 Å². The standard InChI is InChI=1S/C8H8N2O/c9-4-7-3-8(10)2-1-6(7)5-11/h1-3,11H,5,10H2. The molecule has 3 N–H and O–H groups in total. The Hall–Kier alpha value is -1.53. The zero-order chi connectivity index (χ0) is 8.27. The molecule has 0 bridgehead atoms. The fourth-order valence-corrected chi connectivity index (χ4v) is 0.836. The summed E-state index contributed by atoms with van der Waals surface area (Å²) >= 11 is 0. The normalized spacial score (nSPS) is 9.09. The van der Waals surface area contributed by atoms with Gasteiger partial charge in [-0.2, -0.15) is 5.26 Å². The quantitative estimate of drug-likeness (QED) is 0.574. The van der Waals surface area contributed by atoms with Gasteiger partial charge < -0.3 is 10.8 Å². The number of anilines is 1. The van der Waals surface area contributed by atoms with Crippen LogP contribution in [0.5, 0.6) is 0 Å². The molecule has 3 heteroatoms. The molecule has 0 aliphatic carbocycles. The van der Waals surface area contributed by atoms with Gasteiger partial charge in [0.2, 0.25) is 0 Å². The molecule has 56 valence electrons. The molecule has 0 spiro atoms. The van der Waals surface area contributed by atoms with Gasteiger partial charge in [0, 0.05) is 5.69 Å². The van der Waals surface area contributed by atoms with Crippen LogP contribution in [0.4, 0.5) is 5.69 Å². The van der Waals surface area contributed by atoms with Crippen LogP contribution in [0.1, 0.15) is 11.1 Å². The molecule has 1 aromatic carbocycles. The molecular formula is C8H8N2O. The van der Waals surface area contributed by atoms with Crippen molar-refractivity contribution in [3.8, 4) is 6.07 Å². The highest BCUT2D eigenvalue weighted by Crippen LogP contribution is 2.11. The lowest BCUT2D eigenvalue weighted by atomic mass is 10.1. The van der Waals surface area contributed by atoms with E-state index in [0.717, 1.165) is 0 Å². The van der Waals surface area contributed by atoms with Crippen molar-refractivity contribution in [2.24, 2.45) is 0 Å². The Kier molecular flexibility index (Phi) is 2.09. The number of nitrogen functional groups attached to an aromatic ring is 1. The Labute approximate surface area is 64.7 Å². The summed E-state index contributed by atoms with van der Waals surface area (Å²) in [5, 5.41) is 17.3. The van der Waals surface area contributed by atoms with E-state index in [4.69, 9.17) is 16.1 Å². The molecule has 3 nitrogen and oxygen atoms in total. The number of nitrogens with zero attached hydrogens (tertiary/aromatic N) is 1. The molecule has 0 saturated carbocycles. The van der Waals surface area contributed by atoms with E-state index in [9.17, 15) is 0 Å². The van der Waals surface area contributed by atoms with Crippen LogP contribution in [-0.2, 0) is 6.61 Å². The van der Waals surface area contributed by atoms with Crippen LogP contribution in [0.2, 0.25) is 0 Å². The second kappa shape index (κ2) is 3.04. The van der Waals surface area contributed by atoms with Crippen LogP contribution in [-0.4, -0.2) is 5.11 Å². The number of nitriles is 1. The number of benzene rings is 1. The van der Waals surface area contributed by atoms with Crippen LogP contribution >= 0.6 is 0 Å². The summed E-state index contributed by atoms with van der Waals surface area (Å²) in [5.74, 6) is 0. The largest absolute Gasteiger partial charge is 0.399 e. The predicted octanol–water partition coefficient (Wildman–Crippen LogP) is 0.633. The zero-order valence-corrected chi connectivity index (χ0v) is 5.91. The second-order valence-corrected chi connectivity index (χ2v) is 2.19. The molecule has 0 fully saturated rings. The number of rotatable bonds is 1. The van der Waals surface area contributed by atoms with Gasteiger partial charge in [0.25, 0.3) is 0 Å². The first-order valence-corrected chi connectivity index (χ1v) is 3.17. The van der Waals surface area contributed by atoms with Crippen molar-refractivity contribution >= 4 is 5.69 Å². The van der Waals surface area contributed by atoms with Gasteiger partial charge in [-0.15, -0.1) is 0 Å². The van der Waals surface area contributed by atoms with E-state index in [2.05, 4.69) is 0 Å². The van der Waals surface area contributed by atoms with Crippen molar-refractivity contribution in [1.29, 1.82) is 5.26 Å². The third-order valence-electron chi connectivity index (χ3n) is 1.42. The van der Waals surface area contributed by atoms with Crippen LogP contribution in [0.25, 0.3) is 0 Å². The maximum absolute atomic E-state index is 8.75. The molecule has 0 aliphatic heterocycles. The molecular weight excluding hydrogens is 140 g/mol. The summed E-state index contributed by atoms with van der Waals surface area (Å²) in [6, 6.07) is 6.80. The molecule has 1 rings (SSSR count). The molecule has 0 atom stereocenters. The highest BCUT2D eigenvalue weighted by molar-refractivity contribution is 5.49. The maximum Gasteiger partial charge on any atom is 0.0996 e. The van der Waals surface area contributed by atoms with E-state index >= 15 is 0 Å². The number of hydrogen-bond donors (Lipinski definition) is 2. The first-order valence-electron chi connectivity index (χ1n) is 3.17. The van der Waals surface area contributed by atoms with Gasteiger partial charge in [-0.3, -0.25) is 0 Å². The summed E-state index contributed by atoms with van der Waals surface area (Å²) in [6.07, 6.45) is 0. The topological polar surface area (TPSA) is 70.0 Å². The molecule has 0 heterocycles. The predicted molar refractivity (Wildman–Crippen MR) is 41.5 cm³/mol. The number of hydrogen-bond acceptors (Lipinski definition) is 3. The number of aliphatic hydroxyl groups excluding tert-OH is 1. The third-order valence-corrected chi connectivity index (χ3v) is 1.42. The Morgan fingerprint density at radius 3 is 2.82 bits per heavy atom. The lowest BCUT2D eigenvalue weighted by Gasteiger charge is -1.99. The Morgan fingerprint density at radius 2 is 2.27 bits per heavy atom. The number of nitrogens with two attached hydrogens (primary N) is 1. The van der Waals surface area contributed by atoms with Crippen molar-refractivity contribution in [1.82, 2.24) is 0 Å². The van der Waals surface area contributed by atoms with E-state index in [1.54, 1.807) is 18.2 Å². The highest BCUT2D eigenvalue weighted by atomic mass is 16.3. The third kappa shape index (κ3) is 1.48. The minimum absolute atomic E-state index is 0.122. The van der Waals surface area contributed by atoms with Crippen molar-refractivity contribution < 1.29 is 5.11 Å². The van der Waals surface area contributed by atoms with E-state index in [-0.39, 0.29) is 6.61 Å². The average Bonchev–Trinajstić information content (AvgIpc) is 2.04. The summed E-state index contributed by atoms with van der Waals surface area (Å²) in [6.45, 7) is -0.122. The number of aliphatic hydroxyl groups is 1. The summed E-state index contributed by atoms with van der Waals surface area (Å²) in [7, 11) is 0. The van der Waals surface area contributed by atoms with E-state index in [1.165, 1.54) is 0 Å². The SMILES string of the molecule is N#Cc1cc(N)ccc1CO. The van der Waals surface area contributed by atoms with Crippen molar-refractivity contribution in [3.05, 3.63) is 29.3 Å². The van der Waals surface area contributed by atoms with Gasteiger partial charge in [0.15, 0.2) is 0 Å². The van der Waals surface area contributed by atoms with Gasteiger partial charge in [-0.25, -0.2) is 0 Å². The molecule has 0 unspecified atom stereocenters. The minimum atomic E-state index is -0.122. The molecule has 0 aliphatic rings. The maximum atomic E-state index is 8.75. The van der Waals surface area contributed by atoms with E-state index in [1.807, 2.05) is 6.07 Å². The fraction of sp³-hybridized carbons (Fsp3) is 0.125. The minimum Gasteiger partial charge on any atom is -0.399 e. The van der Waals surface area contributed by atoms with Gasteiger partial charge in [0.05, 0.1) is 18.2 Å². The van der Waals surface area contributed by atoms with Crippen LogP contribution < -0.4 is 5.73 Å². The summed E-state index contributed by atoms with van der Waals surface area (Å²) < 4.78 is 0.